The summed E-state index contributed by atoms with van der Waals surface area (Å²) in [5, 5.41) is 0. The van der Waals surface area contributed by atoms with Gasteiger partial charge in [0.25, 0.3) is 5.91 Å². The Labute approximate surface area is 148 Å². The van der Waals surface area contributed by atoms with Crippen molar-refractivity contribution in [1.82, 2.24) is 9.88 Å². The predicted molar refractivity (Wildman–Crippen MR) is 92.4 cm³/mol. The summed E-state index contributed by atoms with van der Waals surface area (Å²) < 4.78 is 11.0. The van der Waals surface area contributed by atoms with Crippen LogP contribution in [0.3, 0.4) is 0 Å². The van der Waals surface area contributed by atoms with Gasteiger partial charge >= 0.3 is 5.97 Å². The van der Waals surface area contributed by atoms with Crippen molar-refractivity contribution in [2.24, 2.45) is 5.92 Å². The van der Waals surface area contributed by atoms with Crippen molar-refractivity contribution in [2.45, 2.75) is 51.6 Å². The van der Waals surface area contributed by atoms with Crippen LogP contribution in [-0.4, -0.2) is 47.6 Å². The summed E-state index contributed by atoms with van der Waals surface area (Å²) in [5.74, 6) is 0.258. The maximum atomic E-state index is 12.7. The van der Waals surface area contributed by atoms with Crippen molar-refractivity contribution in [3.8, 4) is 5.88 Å². The summed E-state index contributed by atoms with van der Waals surface area (Å²) in [6, 6.07) is 3.46. The van der Waals surface area contributed by atoms with Gasteiger partial charge in [0.05, 0.1) is 12.5 Å². The largest absolute Gasteiger partial charge is 0.474 e. The highest BCUT2D eigenvalue weighted by molar-refractivity contribution is 5.94. The fourth-order valence-electron chi connectivity index (χ4n) is 3.54. The van der Waals surface area contributed by atoms with E-state index in [-0.39, 0.29) is 23.9 Å². The van der Waals surface area contributed by atoms with Gasteiger partial charge in [-0.3, -0.25) is 9.59 Å². The molecule has 1 aliphatic carbocycles. The maximum absolute atomic E-state index is 12.7. The fourth-order valence-corrected chi connectivity index (χ4v) is 3.54. The number of carbonyl (C=O) groups excluding carboxylic acids is 2. The monoisotopic (exact) mass is 346 g/mol. The topological polar surface area (TPSA) is 68.7 Å². The van der Waals surface area contributed by atoms with Crippen LogP contribution in [0.4, 0.5) is 0 Å². The number of hydrogen-bond acceptors (Lipinski definition) is 5. The van der Waals surface area contributed by atoms with Crippen LogP contribution in [0.2, 0.25) is 0 Å². The smallest absolute Gasteiger partial charge is 0.309 e. The van der Waals surface area contributed by atoms with Crippen LogP contribution in [0.5, 0.6) is 5.88 Å². The van der Waals surface area contributed by atoms with Gasteiger partial charge in [-0.05, 0) is 51.5 Å². The van der Waals surface area contributed by atoms with E-state index in [2.05, 4.69) is 4.98 Å². The Hall–Kier alpha value is -2.11. The Bertz CT molecular complexity index is 605. The lowest BCUT2D eigenvalue weighted by Crippen LogP contribution is -2.40. The predicted octanol–water partition coefficient (Wildman–Crippen LogP) is 2.82. The van der Waals surface area contributed by atoms with E-state index in [9.17, 15) is 9.59 Å². The van der Waals surface area contributed by atoms with Gasteiger partial charge in [-0.25, -0.2) is 4.98 Å². The van der Waals surface area contributed by atoms with E-state index in [4.69, 9.17) is 9.47 Å². The summed E-state index contributed by atoms with van der Waals surface area (Å²) >= 11 is 0. The molecule has 0 aromatic carbocycles. The Morgan fingerprint density at radius 2 is 1.92 bits per heavy atom. The molecule has 2 aliphatic rings. The zero-order valence-electron chi connectivity index (χ0n) is 14.8. The van der Waals surface area contributed by atoms with Crippen LogP contribution in [0, 0.1) is 5.92 Å². The van der Waals surface area contributed by atoms with Gasteiger partial charge in [0, 0.05) is 30.9 Å². The van der Waals surface area contributed by atoms with E-state index in [1.807, 2.05) is 6.92 Å². The average molecular weight is 346 g/mol. The third-order valence-electron chi connectivity index (χ3n) is 4.97. The molecular weight excluding hydrogens is 320 g/mol. The minimum Gasteiger partial charge on any atom is -0.474 e. The number of likely N-dealkylation sites (tertiary alicyclic amines) is 1. The molecule has 1 amide bonds. The average Bonchev–Trinajstić information content (AvgIpc) is 3.15. The van der Waals surface area contributed by atoms with Crippen molar-refractivity contribution in [2.75, 3.05) is 19.7 Å². The quantitative estimate of drug-likeness (QED) is 0.767. The van der Waals surface area contributed by atoms with Crippen molar-refractivity contribution < 1.29 is 19.1 Å². The first-order valence-electron chi connectivity index (χ1n) is 9.26. The number of hydrogen-bond donors (Lipinski definition) is 0. The first-order chi connectivity index (χ1) is 12.2. The van der Waals surface area contributed by atoms with Crippen molar-refractivity contribution >= 4 is 11.9 Å². The van der Waals surface area contributed by atoms with Crippen LogP contribution >= 0.6 is 0 Å². The van der Waals surface area contributed by atoms with Gasteiger partial charge in [0.1, 0.15) is 6.10 Å². The third-order valence-corrected chi connectivity index (χ3v) is 4.97. The number of piperidine rings is 1. The number of pyridine rings is 1. The molecule has 0 spiro atoms. The molecule has 0 unspecified atom stereocenters. The summed E-state index contributed by atoms with van der Waals surface area (Å²) in [5.41, 5.74) is 0.595. The van der Waals surface area contributed by atoms with Crippen LogP contribution in [-0.2, 0) is 9.53 Å². The number of amides is 1. The Balaban J connectivity index is 1.57. The standard InChI is InChI=1S/C19H26N2O4/c1-2-24-19(23)14-8-11-21(12-9-14)18(22)15-7-10-20-17(13-15)25-16-5-3-4-6-16/h7,10,13-14,16H,2-6,8-9,11-12H2,1H3. The third kappa shape index (κ3) is 4.50. The zero-order chi connectivity index (χ0) is 17.6. The minimum absolute atomic E-state index is 0.0269. The molecule has 1 aliphatic heterocycles. The number of nitrogens with zero attached hydrogens (tertiary/aromatic N) is 2. The van der Waals surface area contributed by atoms with Gasteiger partial charge in [0.15, 0.2) is 0 Å². The van der Waals surface area contributed by atoms with Gasteiger partial charge in [-0.15, -0.1) is 0 Å². The van der Waals surface area contributed by atoms with Crippen LogP contribution in [0.1, 0.15) is 55.8 Å². The molecule has 0 N–H and O–H groups in total. The normalized spacial score (nSPS) is 19.0. The van der Waals surface area contributed by atoms with E-state index < -0.39 is 0 Å². The Kier molecular flexibility index (Phi) is 5.89. The second-order valence-corrected chi connectivity index (χ2v) is 6.73. The zero-order valence-corrected chi connectivity index (χ0v) is 14.8. The molecule has 1 aromatic rings. The molecule has 1 aromatic heterocycles. The van der Waals surface area contributed by atoms with Crippen molar-refractivity contribution in [3.05, 3.63) is 23.9 Å². The minimum atomic E-state index is -0.147. The lowest BCUT2D eigenvalue weighted by atomic mass is 9.96. The summed E-state index contributed by atoms with van der Waals surface area (Å²) in [7, 11) is 0. The molecule has 1 saturated carbocycles. The van der Waals surface area contributed by atoms with E-state index in [0.717, 1.165) is 12.8 Å². The number of rotatable bonds is 5. The van der Waals surface area contributed by atoms with E-state index in [1.54, 1.807) is 23.2 Å². The first kappa shape index (κ1) is 17.7. The van der Waals surface area contributed by atoms with Crippen LogP contribution in [0.15, 0.2) is 18.3 Å². The lowest BCUT2D eigenvalue weighted by Gasteiger charge is -2.31. The molecule has 2 fully saturated rings. The highest BCUT2D eigenvalue weighted by Gasteiger charge is 2.29. The van der Waals surface area contributed by atoms with E-state index >= 15 is 0 Å². The van der Waals surface area contributed by atoms with Crippen molar-refractivity contribution in [1.29, 1.82) is 0 Å². The Morgan fingerprint density at radius 3 is 2.60 bits per heavy atom. The van der Waals surface area contributed by atoms with Gasteiger partial charge in [-0.2, -0.15) is 0 Å². The first-order valence-corrected chi connectivity index (χ1v) is 9.26. The number of carbonyl (C=O) groups is 2. The molecule has 136 valence electrons. The summed E-state index contributed by atoms with van der Waals surface area (Å²) in [4.78, 5) is 30.5. The second-order valence-electron chi connectivity index (χ2n) is 6.73. The molecular formula is C19H26N2O4. The second kappa shape index (κ2) is 8.32. The molecule has 25 heavy (non-hydrogen) atoms. The van der Waals surface area contributed by atoms with Gasteiger partial charge in [-0.1, -0.05) is 0 Å². The number of aromatic nitrogens is 1. The summed E-state index contributed by atoms with van der Waals surface area (Å²) in [6.45, 7) is 3.36. The lowest BCUT2D eigenvalue weighted by molar-refractivity contribution is -0.149. The highest BCUT2D eigenvalue weighted by atomic mass is 16.5. The molecule has 6 heteroatoms. The molecule has 3 rings (SSSR count). The fraction of sp³-hybridized carbons (Fsp3) is 0.632. The number of esters is 1. The van der Waals surface area contributed by atoms with Gasteiger partial charge in [0.2, 0.25) is 5.88 Å². The van der Waals surface area contributed by atoms with E-state index in [1.165, 1.54) is 12.8 Å². The molecule has 0 radical (unpaired) electrons. The molecule has 6 nitrogen and oxygen atoms in total. The van der Waals surface area contributed by atoms with Gasteiger partial charge < -0.3 is 14.4 Å². The molecule has 0 bridgehead atoms. The van der Waals surface area contributed by atoms with Crippen LogP contribution in [0.25, 0.3) is 0 Å². The maximum Gasteiger partial charge on any atom is 0.309 e. The molecule has 2 heterocycles. The van der Waals surface area contributed by atoms with Crippen molar-refractivity contribution in [3.63, 3.8) is 0 Å². The number of ether oxygens (including phenoxy) is 2. The molecule has 0 atom stereocenters. The highest BCUT2D eigenvalue weighted by Crippen LogP contribution is 2.24. The molecule has 1 saturated heterocycles. The summed E-state index contributed by atoms with van der Waals surface area (Å²) in [6.07, 6.45) is 7.66. The SMILES string of the molecule is CCOC(=O)C1CCN(C(=O)c2ccnc(OC3CCCC3)c2)CC1. The Morgan fingerprint density at radius 1 is 1.20 bits per heavy atom. The van der Waals surface area contributed by atoms with Crippen LogP contribution < -0.4 is 4.74 Å². The van der Waals surface area contributed by atoms with E-state index in [0.29, 0.717) is 44.0 Å².